The van der Waals surface area contributed by atoms with Gasteiger partial charge in [-0.3, -0.25) is 4.79 Å². The van der Waals surface area contributed by atoms with Gasteiger partial charge in [0.15, 0.2) is 0 Å². The molecule has 1 unspecified atom stereocenters. The Morgan fingerprint density at radius 3 is 2.59 bits per heavy atom. The number of rotatable bonds is 4. The first-order valence-corrected chi connectivity index (χ1v) is 9.77. The largest absolute Gasteiger partial charge is 0.425 e. The van der Waals surface area contributed by atoms with E-state index in [0.717, 1.165) is 36.8 Å². The van der Waals surface area contributed by atoms with Crippen LogP contribution in [-0.4, -0.2) is 5.97 Å². The van der Waals surface area contributed by atoms with E-state index in [9.17, 15) is 4.79 Å². The van der Waals surface area contributed by atoms with Crippen LogP contribution in [0.4, 0.5) is 0 Å². The van der Waals surface area contributed by atoms with E-state index in [0.29, 0.717) is 5.75 Å². The summed E-state index contributed by atoms with van der Waals surface area (Å²) in [6, 6.07) is 23.0. The third-order valence-corrected chi connectivity index (χ3v) is 6.09. The normalized spacial score (nSPS) is 19.4. The molecule has 0 aromatic heterocycles. The predicted molar refractivity (Wildman–Crippen MR) is 107 cm³/mol. The third kappa shape index (κ3) is 2.29. The molecule has 3 aromatic rings. The molecule has 1 heterocycles. The van der Waals surface area contributed by atoms with Crippen LogP contribution in [0.3, 0.4) is 0 Å². The maximum Gasteiger partial charge on any atom is 0.326 e. The molecule has 2 heteroatoms. The van der Waals surface area contributed by atoms with Crippen molar-refractivity contribution in [1.29, 1.82) is 0 Å². The van der Waals surface area contributed by atoms with E-state index in [1.54, 1.807) is 0 Å². The third-order valence-electron chi connectivity index (χ3n) is 6.09. The first-order valence-electron chi connectivity index (χ1n) is 9.77. The Balaban J connectivity index is 1.71. The zero-order chi connectivity index (χ0) is 18.4. The molecule has 1 aliphatic carbocycles. The van der Waals surface area contributed by atoms with Gasteiger partial charge in [-0.05, 0) is 52.8 Å². The quantitative estimate of drug-likeness (QED) is 0.349. The molecule has 0 spiro atoms. The van der Waals surface area contributed by atoms with Gasteiger partial charge in [0, 0.05) is 5.56 Å². The average Bonchev–Trinajstić information content (AvgIpc) is 3.21. The molecule has 0 fully saturated rings. The zero-order valence-corrected chi connectivity index (χ0v) is 15.5. The molecule has 27 heavy (non-hydrogen) atoms. The number of ether oxygens (including phenoxy) is 1. The summed E-state index contributed by atoms with van der Waals surface area (Å²) < 4.78 is 5.72. The minimum atomic E-state index is -0.695. The fraction of sp³-hybridized carbons (Fsp3) is 0.240. The van der Waals surface area contributed by atoms with E-state index in [-0.39, 0.29) is 5.97 Å². The zero-order valence-electron chi connectivity index (χ0n) is 15.5. The Bertz CT molecular complexity index is 1050. The first kappa shape index (κ1) is 16.3. The van der Waals surface area contributed by atoms with Crippen LogP contribution >= 0.6 is 0 Å². The number of unbranched alkanes of at least 4 members (excludes halogenated alkanes) is 1. The maximum absolute atomic E-state index is 13.2. The van der Waals surface area contributed by atoms with Crippen LogP contribution in [0.25, 0.3) is 11.1 Å². The number of para-hydroxylation sites is 1. The van der Waals surface area contributed by atoms with Crippen LogP contribution in [0.1, 0.15) is 48.4 Å². The van der Waals surface area contributed by atoms with Crippen LogP contribution in [-0.2, 0) is 16.6 Å². The lowest BCUT2D eigenvalue weighted by atomic mass is 9.71. The molecule has 1 aliphatic heterocycles. The van der Waals surface area contributed by atoms with Crippen molar-refractivity contribution in [2.45, 2.75) is 38.0 Å². The number of carbonyl (C=O) groups is 1. The standard InChI is InChI=1S/C25H22O2/c1-2-3-14-25(22-10-6-7-11-23(22)27-24(25)26)19-13-12-18-15-17-8-4-5-9-20(17)21(18)16-19/h4-13,16H,2-3,14-15H2,1H3. The minimum absolute atomic E-state index is 0.136. The van der Waals surface area contributed by atoms with Crippen molar-refractivity contribution in [1.82, 2.24) is 0 Å². The van der Waals surface area contributed by atoms with Crippen molar-refractivity contribution < 1.29 is 9.53 Å². The van der Waals surface area contributed by atoms with E-state index in [1.807, 2.05) is 18.2 Å². The molecule has 3 aromatic carbocycles. The Kier molecular flexibility index (Phi) is 3.68. The highest BCUT2D eigenvalue weighted by atomic mass is 16.5. The minimum Gasteiger partial charge on any atom is -0.425 e. The number of benzene rings is 3. The number of carbonyl (C=O) groups excluding carboxylic acids is 1. The summed E-state index contributed by atoms with van der Waals surface area (Å²) in [4.78, 5) is 13.2. The molecule has 0 saturated carbocycles. The summed E-state index contributed by atoms with van der Waals surface area (Å²) >= 11 is 0. The lowest BCUT2D eigenvalue weighted by molar-refractivity contribution is -0.137. The molecule has 0 saturated heterocycles. The molecular formula is C25H22O2. The van der Waals surface area contributed by atoms with Gasteiger partial charge in [-0.2, -0.15) is 0 Å². The second-order valence-electron chi connectivity index (χ2n) is 7.60. The summed E-state index contributed by atoms with van der Waals surface area (Å²) in [5.41, 5.74) is 6.62. The highest BCUT2D eigenvalue weighted by Gasteiger charge is 2.50. The van der Waals surface area contributed by atoms with Gasteiger partial charge in [0.1, 0.15) is 11.2 Å². The molecule has 134 valence electrons. The lowest BCUT2D eigenvalue weighted by Crippen LogP contribution is -2.35. The van der Waals surface area contributed by atoms with Gasteiger partial charge in [-0.1, -0.05) is 74.4 Å². The maximum atomic E-state index is 13.2. The molecule has 2 aliphatic rings. The Morgan fingerprint density at radius 1 is 0.926 bits per heavy atom. The fourth-order valence-electron chi connectivity index (χ4n) is 4.69. The topological polar surface area (TPSA) is 26.3 Å². The molecule has 0 radical (unpaired) electrons. The van der Waals surface area contributed by atoms with Crippen molar-refractivity contribution in [2.24, 2.45) is 0 Å². The van der Waals surface area contributed by atoms with Gasteiger partial charge in [-0.15, -0.1) is 0 Å². The van der Waals surface area contributed by atoms with Crippen LogP contribution in [0.15, 0.2) is 66.7 Å². The molecule has 2 nitrogen and oxygen atoms in total. The van der Waals surface area contributed by atoms with Crippen molar-refractivity contribution in [3.63, 3.8) is 0 Å². The molecular weight excluding hydrogens is 332 g/mol. The highest BCUT2D eigenvalue weighted by Crippen LogP contribution is 2.49. The van der Waals surface area contributed by atoms with Gasteiger partial charge < -0.3 is 4.74 Å². The monoisotopic (exact) mass is 354 g/mol. The lowest BCUT2D eigenvalue weighted by Gasteiger charge is -2.27. The fourth-order valence-corrected chi connectivity index (χ4v) is 4.69. The van der Waals surface area contributed by atoms with E-state index in [4.69, 9.17) is 4.74 Å². The van der Waals surface area contributed by atoms with Gasteiger partial charge in [0.05, 0.1) is 0 Å². The summed E-state index contributed by atoms with van der Waals surface area (Å²) in [6.45, 7) is 2.17. The van der Waals surface area contributed by atoms with Gasteiger partial charge in [-0.25, -0.2) is 0 Å². The van der Waals surface area contributed by atoms with E-state index in [2.05, 4.69) is 55.5 Å². The summed E-state index contributed by atoms with van der Waals surface area (Å²) in [6.07, 6.45) is 3.77. The summed E-state index contributed by atoms with van der Waals surface area (Å²) in [5.74, 6) is 0.572. The Hall–Kier alpha value is -2.87. The van der Waals surface area contributed by atoms with Crippen LogP contribution < -0.4 is 4.74 Å². The van der Waals surface area contributed by atoms with Crippen LogP contribution in [0, 0.1) is 0 Å². The Morgan fingerprint density at radius 2 is 1.70 bits per heavy atom. The second-order valence-corrected chi connectivity index (χ2v) is 7.60. The van der Waals surface area contributed by atoms with Crippen molar-refractivity contribution in [3.05, 3.63) is 89.0 Å². The SMILES string of the molecule is CCCCC1(c2ccc3c(c2)-c2ccccc2C3)C(=O)Oc2ccccc21. The van der Waals surface area contributed by atoms with Crippen molar-refractivity contribution in [2.75, 3.05) is 0 Å². The number of fused-ring (bicyclic) bond motifs is 4. The van der Waals surface area contributed by atoms with Crippen LogP contribution in [0.2, 0.25) is 0 Å². The smallest absolute Gasteiger partial charge is 0.326 e. The number of esters is 1. The van der Waals surface area contributed by atoms with E-state index in [1.165, 1.54) is 22.3 Å². The molecule has 1 atom stereocenters. The number of hydrogen-bond acceptors (Lipinski definition) is 2. The van der Waals surface area contributed by atoms with Gasteiger partial charge in [0.25, 0.3) is 0 Å². The van der Waals surface area contributed by atoms with E-state index >= 15 is 0 Å². The first-order chi connectivity index (χ1) is 13.2. The molecule has 0 bridgehead atoms. The van der Waals surface area contributed by atoms with Crippen molar-refractivity contribution in [3.8, 4) is 16.9 Å². The highest BCUT2D eigenvalue weighted by molar-refractivity contribution is 5.95. The number of hydrogen-bond donors (Lipinski definition) is 0. The predicted octanol–water partition coefficient (Wildman–Crippen LogP) is 5.65. The van der Waals surface area contributed by atoms with E-state index < -0.39 is 5.41 Å². The van der Waals surface area contributed by atoms with Gasteiger partial charge >= 0.3 is 5.97 Å². The van der Waals surface area contributed by atoms with Crippen LogP contribution in [0.5, 0.6) is 5.75 Å². The Labute approximate surface area is 159 Å². The van der Waals surface area contributed by atoms with Gasteiger partial charge in [0.2, 0.25) is 0 Å². The average molecular weight is 354 g/mol. The van der Waals surface area contributed by atoms with Crippen molar-refractivity contribution >= 4 is 5.97 Å². The molecule has 0 N–H and O–H groups in total. The summed E-state index contributed by atoms with van der Waals surface area (Å²) in [5, 5.41) is 0. The summed E-state index contributed by atoms with van der Waals surface area (Å²) in [7, 11) is 0. The second kappa shape index (κ2) is 6.09. The molecule has 0 amide bonds. The molecule has 5 rings (SSSR count).